The molecular formula is C16H16F4O3S2. The van der Waals surface area contributed by atoms with Crippen LogP contribution in [0, 0.1) is 41.0 Å². The second-order valence-electron chi connectivity index (χ2n) is 7.59. The fourth-order valence-electron chi connectivity index (χ4n) is 5.28. The summed E-state index contributed by atoms with van der Waals surface area (Å²) in [7, 11) is -5.42. The highest BCUT2D eigenvalue weighted by molar-refractivity contribution is 8.00. The molecule has 4 aliphatic carbocycles. The van der Waals surface area contributed by atoms with Crippen LogP contribution < -0.4 is 0 Å². The lowest BCUT2D eigenvalue weighted by atomic mass is 9.56. The minimum atomic E-state index is -5.42. The van der Waals surface area contributed by atoms with Gasteiger partial charge in [-0.25, -0.2) is 17.6 Å². The Morgan fingerprint density at radius 2 is 1.24 bits per heavy atom. The van der Waals surface area contributed by atoms with Crippen LogP contribution in [0.15, 0.2) is 9.79 Å². The van der Waals surface area contributed by atoms with Gasteiger partial charge in [0.05, 0.1) is 4.90 Å². The van der Waals surface area contributed by atoms with Crippen molar-refractivity contribution in [2.75, 3.05) is 0 Å². The summed E-state index contributed by atoms with van der Waals surface area (Å²) < 4.78 is 87.2. The highest BCUT2D eigenvalue weighted by atomic mass is 32.2. The first-order valence-corrected chi connectivity index (χ1v) is 10.4. The summed E-state index contributed by atoms with van der Waals surface area (Å²) in [5, 5.41) is 0. The van der Waals surface area contributed by atoms with Gasteiger partial charge in [0, 0.05) is 4.75 Å². The molecule has 0 heterocycles. The van der Waals surface area contributed by atoms with E-state index in [1.165, 1.54) is 0 Å². The number of thioether (sulfide) groups is 1. The van der Waals surface area contributed by atoms with Gasteiger partial charge in [-0.15, -0.1) is 11.8 Å². The van der Waals surface area contributed by atoms with Gasteiger partial charge >= 0.3 is 10.1 Å². The number of hydrogen-bond donors (Lipinski definition) is 1. The third kappa shape index (κ3) is 2.78. The van der Waals surface area contributed by atoms with E-state index in [-0.39, 0.29) is 0 Å². The van der Waals surface area contributed by atoms with Gasteiger partial charge in [0.1, 0.15) is 0 Å². The molecule has 0 saturated heterocycles. The summed E-state index contributed by atoms with van der Waals surface area (Å²) in [6.45, 7) is 0. The van der Waals surface area contributed by atoms with Crippen LogP contribution in [0.2, 0.25) is 0 Å². The van der Waals surface area contributed by atoms with Crippen LogP contribution in [0.25, 0.3) is 0 Å². The Morgan fingerprint density at radius 1 is 0.840 bits per heavy atom. The standard InChI is InChI=1S/C16H16F4O3S2/c17-10-12(19)15(25(21,22)23)13(20)11(18)14(10)24-16-4-7-1-8(5-16)3-9(2-7)6-16/h7-9H,1-6H2,(H,21,22,23). The van der Waals surface area contributed by atoms with Crippen molar-refractivity contribution in [1.29, 1.82) is 0 Å². The number of hydrogen-bond acceptors (Lipinski definition) is 3. The molecule has 0 aliphatic heterocycles. The van der Waals surface area contributed by atoms with Gasteiger partial charge in [0.15, 0.2) is 28.2 Å². The quantitative estimate of drug-likeness (QED) is 0.463. The minimum absolute atomic E-state index is 0.463. The zero-order valence-corrected chi connectivity index (χ0v) is 14.7. The van der Waals surface area contributed by atoms with Crippen LogP contribution >= 0.6 is 11.8 Å². The van der Waals surface area contributed by atoms with E-state index >= 15 is 0 Å². The molecule has 4 fully saturated rings. The molecule has 0 atom stereocenters. The monoisotopic (exact) mass is 396 g/mol. The third-order valence-electron chi connectivity index (χ3n) is 5.74. The molecule has 0 aromatic heterocycles. The van der Waals surface area contributed by atoms with Crippen molar-refractivity contribution in [1.82, 2.24) is 0 Å². The summed E-state index contributed by atoms with van der Waals surface area (Å²) >= 11 is 0.796. The Kier molecular flexibility index (Phi) is 3.94. The van der Waals surface area contributed by atoms with Crippen LogP contribution in [0.3, 0.4) is 0 Å². The topological polar surface area (TPSA) is 54.4 Å². The van der Waals surface area contributed by atoms with Crippen molar-refractivity contribution in [2.45, 2.75) is 53.1 Å². The van der Waals surface area contributed by atoms with Gasteiger partial charge in [-0.3, -0.25) is 4.55 Å². The SMILES string of the molecule is O=S(=O)(O)c1c(F)c(F)c(SC23CC4CC(CC(C4)C2)C3)c(F)c1F. The average Bonchev–Trinajstić information content (AvgIpc) is 2.47. The van der Waals surface area contributed by atoms with Gasteiger partial charge in [-0.2, -0.15) is 8.42 Å². The van der Waals surface area contributed by atoms with Crippen molar-refractivity contribution < 1.29 is 30.5 Å². The summed E-state index contributed by atoms with van der Waals surface area (Å²) in [6.07, 6.45) is 5.50. The van der Waals surface area contributed by atoms with E-state index in [1.54, 1.807) is 0 Å². The van der Waals surface area contributed by atoms with Crippen molar-refractivity contribution in [2.24, 2.45) is 17.8 Å². The Morgan fingerprint density at radius 3 is 1.60 bits per heavy atom. The molecule has 138 valence electrons. The predicted molar refractivity (Wildman–Crippen MR) is 82.8 cm³/mol. The maximum atomic E-state index is 14.3. The summed E-state index contributed by atoms with van der Waals surface area (Å²) in [4.78, 5) is -2.80. The fourth-order valence-corrected chi connectivity index (χ4v) is 7.66. The molecule has 4 bridgehead atoms. The molecule has 1 N–H and O–H groups in total. The van der Waals surface area contributed by atoms with E-state index in [2.05, 4.69) is 0 Å². The molecule has 4 saturated carbocycles. The Hall–Kier alpha value is -0.800. The van der Waals surface area contributed by atoms with Gasteiger partial charge in [-0.1, -0.05) is 0 Å². The van der Waals surface area contributed by atoms with E-state index in [4.69, 9.17) is 4.55 Å². The van der Waals surface area contributed by atoms with Crippen molar-refractivity contribution in [3.63, 3.8) is 0 Å². The molecule has 0 unspecified atom stereocenters. The van der Waals surface area contributed by atoms with E-state index in [0.717, 1.165) is 50.3 Å². The van der Waals surface area contributed by atoms with Gasteiger partial charge in [0.2, 0.25) is 0 Å². The molecular weight excluding hydrogens is 380 g/mol. The first-order chi connectivity index (χ1) is 11.6. The first kappa shape index (κ1) is 17.6. The Bertz CT molecular complexity index is 789. The highest BCUT2D eigenvalue weighted by Crippen LogP contribution is 2.62. The van der Waals surface area contributed by atoms with Crippen LogP contribution in [0.5, 0.6) is 0 Å². The lowest BCUT2D eigenvalue weighted by molar-refractivity contribution is 0.0382. The normalized spacial score (nSPS) is 33.9. The van der Waals surface area contributed by atoms with E-state index in [0.29, 0.717) is 17.8 Å². The maximum Gasteiger partial charge on any atom is 0.300 e. The van der Waals surface area contributed by atoms with Crippen molar-refractivity contribution in [3.05, 3.63) is 23.3 Å². The fraction of sp³-hybridized carbons (Fsp3) is 0.625. The minimum Gasteiger partial charge on any atom is -0.282 e. The molecule has 1 aromatic rings. The molecule has 0 spiro atoms. The van der Waals surface area contributed by atoms with Gasteiger partial charge in [0.25, 0.3) is 0 Å². The van der Waals surface area contributed by atoms with Crippen LogP contribution in [0.4, 0.5) is 17.6 Å². The van der Waals surface area contributed by atoms with E-state index in [9.17, 15) is 26.0 Å². The second-order valence-corrected chi connectivity index (χ2v) is 10.4. The van der Waals surface area contributed by atoms with Crippen LogP contribution in [-0.4, -0.2) is 17.7 Å². The molecule has 0 amide bonds. The Labute approximate surface area is 146 Å². The molecule has 1 aromatic carbocycles. The highest BCUT2D eigenvalue weighted by Gasteiger charge is 2.52. The zero-order valence-electron chi connectivity index (χ0n) is 13.1. The number of halogens is 4. The largest absolute Gasteiger partial charge is 0.300 e. The second kappa shape index (κ2) is 5.60. The van der Waals surface area contributed by atoms with Crippen molar-refractivity contribution >= 4 is 21.9 Å². The van der Waals surface area contributed by atoms with E-state index < -0.39 is 47.9 Å². The zero-order chi connectivity index (χ0) is 18.1. The third-order valence-corrected chi connectivity index (χ3v) is 8.11. The van der Waals surface area contributed by atoms with Crippen molar-refractivity contribution in [3.8, 4) is 0 Å². The van der Waals surface area contributed by atoms with Crippen LogP contribution in [0.1, 0.15) is 38.5 Å². The number of benzene rings is 1. The molecule has 3 nitrogen and oxygen atoms in total. The van der Waals surface area contributed by atoms with Gasteiger partial charge < -0.3 is 0 Å². The maximum absolute atomic E-state index is 14.3. The molecule has 0 radical (unpaired) electrons. The molecule has 4 aliphatic rings. The lowest BCUT2D eigenvalue weighted by Gasteiger charge is -2.56. The van der Waals surface area contributed by atoms with Gasteiger partial charge in [-0.05, 0) is 56.3 Å². The first-order valence-electron chi connectivity index (χ1n) is 8.12. The molecule has 5 rings (SSSR count). The number of rotatable bonds is 3. The predicted octanol–water partition coefficient (Wildman–Crippen LogP) is 4.55. The summed E-state index contributed by atoms with van der Waals surface area (Å²) in [5.41, 5.74) is 0. The summed E-state index contributed by atoms with van der Waals surface area (Å²) in [6, 6.07) is 0. The average molecular weight is 396 g/mol. The van der Waals surface area contributed by atoms with E-state index in [1.807, 2.05) is 0 Å². The smallest absolute Gasteiger partial charge is 0.282 e. The Balaban J connectivity index is 1.77. The lowest BCUT2D eigenvalue weighted by Crippen LogP contribution is -2.48. The molecule has 25 heavy (non-hydrogen) atoms. The summed E-state index contributed by atoms with van der Waals surface area (Å²) in [5.74, 6) is -6.26. The molecule has 9 heteroatoms. The van der Waals surface area contributed by atoms with Crippen LogP contribution in [-0.2, 0) is 10.1 Å².